The van der Waals surface area contributed by atoms with Gasteiger partial charge in [-0.1, -0.05) is 0 Å². The van der Waals surface area contributed by atoms with Crippen LogP contribution in [0.4, 0.5) is 0 Å². The summed E-state index contributed by atoms with van der Waals surface area (Å²) in [5, 5.41) is 19.2. The van der Waals surface area contributed by atoms with E-state index in [0.717, 1.165) is 0 Å². The van der Waals surface area contributed by atoms with Crippen molar-refractivity contribution >= 4 is 12.9 Å². The van der Waals surface area contributed by atoms with E-state index in [9.17, 15) is 5.11 Å². The number of pyridine rings is 1. The Morgan fingerprint density at radius 3 is 2.43 bits per heavy atom. The summed E-state index contributed by atoms with van der Waals surface area (Å²) in [5.41, 5.74) is -0.787. The maximum atomic E-state index is 10.0. The molecular weight excluding hydrogens is 267 g/mol. The summed E-state index contributed by atoms with van der Waals surface area (Å²) in [7, 11) is 1.49. The topological polar surface area (TPSA) is 75.4 Å². The van der Waals surface area contributed by atoms with Gasteiger partial charge in [-0.2, -0.15) is 5.26 Å². The minimum absolute atomic E-state index is 0.0511. The molecule has 0 aliphatic heterocycles. The molecule has 1 rings (SSSR count). The maximum Gasteiger partial charge on any atom is 0.332 e. The number of hydrogen-bond acceptors (Lipinski definition) is 5. The number of nitriles is 1. The van der Waals surface area contributed by atoms with Gasteiger partial charge in [0.25, 0.3) is 0 Å². The van der Waals surface area contributed by atoms with Gasteiger partial charge in [0.2, 0.25) is 5.88 Å². The third kappa shape index (κ3) is 4.73. The molecule has 0 saturated heterocycles. The van der Waals surface area contributed by atoms with Crippen LogP contribution in [0.1, 0.15) is 47.1 Å². The monoisotopic (exact) mass is 289 g/mol. The summed E-state index contributed by atoms with van der Waals surface area (Å²) in [4.78, 5) is 4.13. The van der Waals surface area contributed by atoms with E-state index in [1.807, 2.05) is 13.8 Å². The van der Waals surface area contributed by atoms with Crippen LogP contribution in [-0.2, 0) is 4.65 Å². The Labute approximate surface area is 127 Å². The van der Waals surface area contributed by atoms with Gasteiger partial charge >= 0.3 is 7.48 Å². The van der Waals surface area contributed by atoms with Gasteiger partial charge in [-0.15, -0.1) is 0 Å². The van der Waals surface area contributed by atoms with E-state index >= 15 is 0 Å². The number of ether oxygens (including phenoxy) is 1. The Hall–Kier alpha value is -1.58. The van der Waals surface area contributed by atoms with Crippen LogP contribution < -0.4 is 10.2 Å². The predicted molar refractivity (Wildman–Crippen MR) is 81.6 cm³/mol. The van der Waals surface area contributed by atoms with Crippen molar-refractivity contribution < 1.29 is 14.5 Å². The molecule has 1 N–H and O–H groups in total. The van der Waals surface area contributed by atoms with E-state index in [1.54, 1.807) is 40.0 Å². The summed E-state index contributed by atoms with van der Waals surface area (Å²) >= 11 is 0. The Morgan fingerprint density at radius 2 is 1.95 bits per heavy atom. The van der Waals surface area contributed by atoms with Crippen LogP contribution in [0.3, 0.4) is 0 Å². The van der Waals surface area contributed by atoms with E-state index < -0.39 is 11.2 Å². The standard InChI is InChI=1S/C15H22BN2O3/c1-10(2)20-13-11(8-17)7-12(9-18-13)16-21-15(5,6)14(3,4)19/h7,9-10,19H,1-6H3. The minimum atomic E-state index is -1.00. The van der Waals surface area contributed by atoms with Crippen LogP contribution in [0.25, 0.3) is 0 Å². The number of nitrogens with zero attached hydrogens (tertiary/aromatic N) is 2. The van der Waals surface area contributed by atoms with Gasteiger partial charge < -0.3 is 14.5 Å². The summed E-state index contributed by atoms with van der Waals surface area (Å²) in [6.45, 7) is 10.7. The Morgan fingerprint density at radius 1 is 1.33 bits per heavy atom. The molecule has 0 fully saturated rings. The van der Waals surface area contributed by atoms with Gasteiger partial charge in [0.15, 0.2) is 0 Å². The van der Waals surface area contributed by atoms with Crippen molar-refractivity contribution in [1.29, 1.82) is 5.26 Å². The molecule has 1 aromatic rings. The third-order valence-electron chi connectivity index (χ3n) is 3.30. The SMILES string of the molecule is CC(C)Oc1ncc([B]OC(C)(C)C(C)(C)O)cc1C#N. The lowest BCUT2D eigenvalue weighted by Crippen LogP contribution is -2.49. The predicted octanol–water partition coefficient (Wildman–Crippen LogP) is 1.55. The second-order valence-electron chi connectivity index (χ2n) is 6.20. The van der Waals surface area contributed by atoms with Crippen molar-refractivity contribution in [2.75, 3.05) is 0 Å². The molecule has 1 heterocycles. The molecule has 0 aliphatic carbocycles. The minimum Gasteiger partial charge on any atom is -0.474 e. The molecule has 21 heavy (non-hydrogen) atoms. The molecule has 0 unspecified atom stereocenters. The number of rotatable bonds is 6. The largest absolute Gasteiger partial charge is 0.474 e. The van der Waals surface area contributed by atoms with Gasteiger partial charge in [-0.3, -0.25) is 0 Å². The smallest absolute Gasteiger partial charge is 0.332 e. The molecule has 113 valence electrons. The lowest BCUT2D eigenvalue weighted by Gasteiger charge is -2.37. The van der Waals surface area contributed by atoms with Crippen molar-refractivity contribution in [3.8, 4) is 11.9 Å². The van der Waals surface area contributed by atoms with Crippen LogP contribution in [0.2, 0.25) is 0 Å². The van der Waals surface area contributed by atoms with Crippen LogP contribution in [-0.4, -0.2) is 34.9 Å². The zero-order valence-electron chi connectivity index (χ0n) is 13.5. The fourth-order valence-corrected chi connectivity index (χ4v) is 1.29. The van der Waals surface area contributed by atoms with Gasteiger partial charge in [-0.25, -0.2) is 4.98 Å². The second-order valence-corrected chi connectivity index (χ2v) is 6.20. The highest BCUT2D eigenvalue weighted by Crippen LogP contribution is 2.24. The first-order valence-electron chi connectivity index (χ1n) is 6.87. The first-order valence-corrected chi connectivity index (χ1v) is 6.87. The van der Waals surface area contributed by atoms with E-state index in [4.69, 9.17) is 14.7 Å². The lowest BCUT2D eigenvalue weighted by molar-refractivity contribution is -0.0893. The molecule has 6 heteroatoms. The molecule has 0 bridgehead atoms. The van der Waals surface area contributed by atoms with Gasteiger partial charge in [-0.05, 0) is 53.1 Å². The van der Waals surface area contributed by atoms with E-state index in [2.05, 4.69) is 11.1 Å². The molecule has 0 spiro atoms. The van der Waals surface area contributed by atoms with Gasteiger partial charge in [0.05, 0.1) is 17.3 Å². The highest BCUT2D eigenvalue weighted by atomic mass is 16.5. The van der Waals surface area contributed by atoms with Gasteiger partial charge in [0.1, 0.15) is 11.6 Å². The van der Waals surface area contributed by atoms with E-state index in [-0.39, 0.29) is 6.10 Å². The molecule has 0 amide bonds. The van der Waals surface area contributed by atoms with E-state index in [0.29, 0.717) is 16.9 Å². The average Bonchev–Trinajstić information content (AvgIpc) is 2.35. The quantitative estimate of drug-likeness (QED) is 0.804. The number of aliphatic hydroxyl groups is 1. The van der Waals surface area contributed by atoms with Crippen molar-refractivity contribution in [2.45, 2.75) is 58.8 Å². The third-order valence-corrected chi connectivity index (χ3v) is 3.30. The highest BCUT2D eigenvalue weighted by molar-refractivity contribution is 6.47. The Bertz CT molecular complexity index is 531. The zero-order valence-corrected chi connectivity index (χ0v) is 13.5. The molecular formula is C15H22BN2O3. The van der Waals surface area contributed by atoms with Crippen molar-refractivity contribution in [3.05, 3.63) is 17.8 Å². The first-order chi connectivity index (χ1) is 9.56. The van der Waals surface area contributed by atoms with Crippen LogP contribution in [0, 0.1) is 11.3 Å². The summed E-state index contributed by atoms with van der Waals surface area (Å²) in [6, 6.07) is 3.70. The van der Waals surface area contributed by atoms with Crippen LogP contribution in [0.15, 0.2) is 12.3 Å². The second kappa shape index (κ2) is 6.46. The maximum absolute atomic E-state index is 10.0. The fraction of sp³-hybridized carbons (Fsp3) is 0.600. The molecule has 0 atom stereocenters. The van der Waals surface area contributed by atoms with Crippen LogP contribution in [0.5, 0.6) is 5.88 Å². The summed E-state index contributed by atoms with van der Waals surface area (Å²) in [6.07, 6.45) is 1.52. The number of aromatic nitrogens is 1. The molecule has 0 aromatic carbocycles. The molecule has 1 aromatic heterocycles. The lowest BCUT2D eigenvalue weighted by atomic mass is 9.83. The average molecular weight is 289 g/mol. The number of hydrogen-bond donors (Lipinski definition) is 1. The fourth-order valence-electron chi connectivity index (χ4n) is 1.29. The van der Waals surface area contributed by atoms with Crippen LogP contribution >= 0.6 is 0 Å². The molecule has 5 nitrogen and oxygen atoms in total. The zero-order chi connectivity index (χ0) is 16.3. The summed E-state index contributed by atoms with van der Waals surface area (Å²) in [5.74, 6) is 0.311. The van der Waals surface area contributed by atoms with Crippen molar-refractivity contribution in [3.63, 3.8) is 0 Å². The van der Waals surface area contributed by atoms with Crippen molar-refractivity contribution in [2.24, 2.45) is 0 Å². The Balaban J connectivity index is 2.85. The molecule has 1 radical (unpaired) electrons. The Kier molecular flexibility index (Phi) is 5.38. The van der Waals surface area contributed by atoms with Gasteiger partial charge in [0, 0.05) is 6.20 Å². The van der Waals surface area contributed by atoms with Crippen molar-refractivity contribution in [1.82, 2.24) is 4.98 Å². The molecule has 0 saturated carbocycles. The molecule has 0 aliphatic rings. The normalized spacial score (nSPS) is 12.1. The van der Waals surface area contributed by atoms with E-state index in [1.165, 1.54) is 7.48 Å². The summed E-state index contributed by atoms with van der Waals surface area (Å²) < 4.78 is 11.1. The highest BCUT2D eigenvalue weighted by Gasteiger charge is 2.35. The first kappa shape index (κ1) is 17.5.